The van der Waals surface area contributed by atoms with Gasteiger partial charge in [-0.2, -0.15) is 0 Å². The van der Waals surface area contributed by atoms with Gasteiger partial charge in [0.2, 0.25) is 0 Å². The monoisotopic (exact) mass is 238 g/mol. The van der Waals surface area contributed by atoms with Gasteiger partial charge in [-0.15, -0.1) is 0 Å². The van der Waals surface area contributed by atoms with Gasteiger partial charge in [0.05, 0.1) is 0 Å². The average molecular weight is 238 g/mol. The molecule has 50 valence electrons. The molecule has 2 nitrogen and oxygen atoms in total. The fourth-order valence-electron chi connectivity index (χ4n) is 0.549. The number of rotatable bonds is 1. The molecule has 3 heteroatoms. The molecule has 0 spiro atoms. The van der Waals surface area contributed by atoms with Crippen LogP contribution < -0.4 is 0 Å². The van der Waals surface area contributed by atoms with Crippen LogP contribution >= 0.6 is 22.6 Å². The summed E-state index contributed by atoms with van der Waals surface area (Å²) in [6, 6.07) is 0. The standard InChI is InChI=1S/C6H7IO2/c7-5-1-2-6(3-8)9-4-5/h2,4,8H,1,3H2. The van der Waals surface area contributed by atoms with Crippen molar-refractivity contribution in [1.29, 1.82) is 0 Å². The summed E-state index contributed by atoms with van der Waals surface area (Å²) in [7, 11) is 0. The molecule has 0 unspecified atom stereocenters. The van der Waals surface area contributed by atoms with Crippen LogP contribution in [0, 0.1) is 0 Å². The van der Waals surface area contributed by atoms with Gasteiger partial charge in [-0.1, -0.05) is 0 Å². The smallest absolute Gasteiger partial charge is 0.125 e. The minimum atomic E-state index is 0.000417. The van der Waals surface area contributed by atoms with Crippen LogP contribution in [0.4, 0.5) is 0 Å². The topological polar surface area (TPSA) is 29.5 Å². The van der Waals surface area contributed by atoms with E-state index in [-0.39, 0.29) is 6.61 Å². The number of halogens is 1. The summed E-state index contributed by atoms with van der Waals surface area (Å²) < 4.78 is 6.14. The third-order valence-corrected chi connectivity index (χ3v) is 1.71. The van der Waals surface area contributed by atoms with Crippen LogP contribution in [0.15, 0.2) is 21.7 Å². The molecule has 1 N–H and O–H groups in total. The lowest BCUT2D eigenvalue weighted by atomic mass is 10.3. The van der Waals surface area contributed by atoms with E-state index in [4.69, 9.17) is 9.84 Å². The third-order valence-electron chi connectivity index (χ3n) is 1.02. The summed E-state index contributed by atoms with van der Waals surface area (Å²) in [5.74, 6) is 0.649. The second kappa shape index (κ2) is 3.22. The average Bonchev–Trinajstić information content (AvgIpc) is 1.90. The Labute approximate surface area is 67.3 Å². The van der Waals surface area contributed by atoms with Crippen molar-refractivity contribution in [3.05, 3.63) is 21.7 Å². The highest BCUT2D eigenvalue weighted by atomic mass is 127. The molecule has 9 heavy (non-hydrogen) atoms. The van der Waals surface area contributed by atoms with Crippen molar-refractivity contribution < 1.29 is 9.84 Å². The van der Waals surface area contributed by atoms with Crippen LogP contribution in [0.25, 0.3) is 0 Å². The second-order valence-corrected chi connectivity index (χ2v) is 3.10. The summed E-state index contributed by atoms with van der Waals surface area (Å²) >= 11 is 2.19. The maximum absolute atomic E-state index is 8.55. The molecule has 0 bridgehead atoms. The summed E-state index contributed by atoms with van der Waals surface area (Å²) in [6.07, 6.45) is 4.42. The van der Waals surface area contributed by atoms with Crippen LogP contribution in [-0.4, -0.2) is 11.7 Å². The summed E-state index contributed by atoms with van der Waals surface area (Å²) in [5.41, 5.74) is 0. The van der Waals surface area contributed by atoms with Gasteiger partial charge in [-0.3, -0.25) is 0 Å². The SMILES string of the molecule is OCC1=CCC(I)=CO1. The Morgan fingerprint density at radius 2 is 2.56 bits per heavy atom. The maximum Gasteiger partial charge on any atom is 0.125 e. The van der Waals surface area contributed by atoms with E-state index in [0.717, 1.165) is 10.0 Å². The van der Waals surface area contributed by atoms with E-state index in [1.54, 1.807) is 6.26 Å². The summed E-state index contributed by atoms with van der Waals surface area (Å²) in [6.45, 7) is 0.000417. The first-order chi connectivity index (χ1) is 4.33. The predicted molar refractivity (Wildman–Crippen MR) is 43.0 cm³/mol. The summed E-state index contributed by atoms with van der Waals surface area (Å²) in [4.78, 5) is 0. The largest absolute Gasteiger partial charge is 0.466 e. The van der Waals surface area contributed by atoms with Crippen molar-refractivity contribution in [2.45, 2.75) is 6.42 Å². The zero-order valence-corrected chi connectivity index (χ0v) is 6.96. The predicted octanol–water partition coefficient (Wildman–Crippen LogP) is 1.56. The zero-order chi connectivity index (χ0) is 6.69. The Hall–Kier alpha value is -0.0300. The van der Waals surface area contributed by atoms with E-state index in [1.807, 2.05) is 6.08 Å². The molecule has 0 aliphatic carbocycles. The molecular formula is C6H7IO2. The van der Waals surface area contributed by atoms with Gasteiger partial charge in [0, 0.05) is 10.0 Å². The third kappa shape index (κ3) is 1.98. The Bertz CT molecular complexity index is 160. The van der Waals surface area contributed by atoms with Crippen molar-refractivity contribution in [3.63, 3.8) is 0 Å². The van der Waals surface area contributed by atoms with Crippen molar-refractivity contribution in [2.24, 2.45) is 0 Å². The normalized spacial score (nSPS) is 18.0. The van der Waals surface area contributed by atoms with Crippen LogP contribution in [0.5, 0.6) is 0 Å². The van der Waals surface area contributed by atoms with Crippen LogP contribution in [0.2, 0.25) is 0 Å². The molecule has 0 aromatic heterocycles. The molecule has 0 saturated carbocycles. The van der Waals surface area contributed by atoms with E-state index in [1.165, 1.54) is 0 Å². The zero-order valence-electron chi connectivity index (χ0n) is 4.80. The number of hydrogen-bond donors (Lipinski definition) is 1. The van der Waals surface area contributed by atoms with E-state index >= 15 is 0 Å². The molecular weight excluding hydrogens is 231 g/mol. The van der Waals surface area contributed by atoms with Gasteiger partial charge < -0.3 is 9.84 Å². The van der Waals surface area contributed by atoms with Crippen molar-refractivity contribution in [2.75, 3.05) is 6.61 Å². The van der Waals surface area contributed by atoms with Gasteiger partial charge in [-0.05, 0) is 28.7 Å². The van der Waals surface area contributed by atoms with E-state index in [9.17, 15) is 0 Å². The van der Waals surface area contributed by atoms with E-state index in [2.05, 4.69) is 22.6 Å². The first-order valence-electron chi connectivity index (χ1n) is 2.64. The summed E-state index contributed by atoms with van der Waals surface area (Å²) in [5, 5.41) is 8.55. The number of aliphatic hydroxyl groups excluding tert-OH is 1. The van der Waals surface area contributed by atoms with Gasteiger partial charge in [-0.25, -0.2) is 0 Å². The van der Waals surface area contributed by atoms with Crippen LogP contribution in [0.1, 0.15) is 6.42 Å². The number of hydrogen-bond acceptors (Lipinski definition) is 2. The highest BCUT2D eigenvalue weighted by Crippen LogP contribution is 2.19. The van der Waals surface area contributed by atoms with Gasteiger partial charge in [0.1, 0.15) is 18.6 Å². The first kappa shape index (κ1) is 7.08. The molecule has 0 amide bonds. The van der Waals surface area contributed by atoms with E-state index in [0.29, 0.717) is 5.76 Å². The Balaban J connectivity index is 2.48. The minimum absolute atomic E-state index is 0.000417. The first-order valence-corrected chi connectivity index (χ1v) is 3.72. The lowest BCUT2D eigenvalue weighted by molar-refractivity contribution is 0.230. The Morgan fingerprint density at radius 1 is 1.78 bits per heavy atom. The fraction of sp³-hybridized carbons (Fsp3) is 0.333. The Kier molecular flexibility index (Phi) is 2.53. The molecule has 0 radical (unpaired) electrons. The lowest BCUT2D eigenvalue weighted by Gasteiger charge is -2.07. The molecule has 0 fully saturated rings. The highest BCUT2D eigenvalue weighted by molar-refractivity contribution is 14.1. The molecule has 0 aromatic rings. The Morgan fingerprint density at radius 3 is 3.00 bits per heavy atom. The van der Waals surface area contributed by atoms with Gasteiger partial charge in [0.25, 0.3) is 0 Å². The molecule has 0 atom stereocenters. The number of ether oxygens (including phenoxy) is 1. The van der Waals surface area contributed by atoms with Crippen molar-refractivity contribution in [3.8, 4) is 0 Å². The quantitative estimate of drug-likeness (QED) is 0.702. The van der Waals surface area contributed by atoms with Crippen LogP contribution in [-0.2, 0) is 4.74 Å². The highest BCUT2D eigenvalue weighted by Gasteiger charge is 2.01. The lowest BCUT2D eigenvalue weighted by Crippen LogP contribution is -1.96. The molecule has 1 heterocycles. The molecule has 1 aliphatic rings. The van der Waals surface area contributed by atoms with Gasteiger partial charge >= 0.3 is 0 Å². The molecule has 0 aromatic carbocycles. The van der Waals surface area contributed by atoms with Crippen LogP contribution in [0.3, 0.4) is 0 Å². The minimum Gasteiger partial charge on any atom is -0.466 e. The number of allylic oxidation sites excluding steroid dienone is 2. The molecule has 1 aliphatic heterocycles. The van der Waals surface area contributed by atoms with Gasteiger partial charge in [0.15, 0.2) is 0 Å². The molecule has 0 saturated heterocycles. The second-order valence-electron chi connectivity index (χ2n) is 1.72. The van der Waals surface area contributed by atoms with E-state index < -0.39 is 0 Å². The van der Waals surface area contributed by atoms with Crippen molar-refractivity contribution >= 4 is 22.6 Å². The maximum atomic E-state index is 8.55. The molecule has 1 rings (SSSR count). The number of aliphatic hydroxyl groups is 1. The van der Waals surface area contributed by atoms with Crippen molar-refractivity contribution in [1.82, 2.24) is 0 Å². The fourth-order valence-corrected chi connectivity index (χ4v) is 0.896.